The molecule has 1 aliphatic rings. The van der Waals surface area contributed by atoms with Gasteiger partial charge >= 0.3 is 6.09 Å². The second-order valence-corrected chi connectivity index (χ2v) is 4.48. The molecule has 0 radical (unpaired) electrons. The predicted octanol–water partition coefficient (Wildman–Crippen LogP) is 1.38. The quantitative estimate of drug-likeness (QED) is 0.765. The Morgan fingerprint density at radius 2 is 2.18 bits per heavy atom. The normalized spacial score (nSPS) is 19.6. The average Bonchev–Trinajstić information content (AvgIpc) is 2.60. The van der Waals surface area contributed by atoms with E-state index in [0.717, 1.165) is 12.8 Å². The van der Waals surface area contributed by atoms with E-state index in [0.29, 0.717) is 19.5 Å². The summed E-state index contributed by atoms with van der Waals surface area (Å²) in [5.41, 5.74) is 0. The lowest BCUT2D eigenvalue weighted by Crippen LogP contribution is -2.33. The molecule has 0 aromatic rings. The molecule has 2 amide bonds. The van der Waals surface area contributed by atoms with Crippen LogP contribution in [0.5, 0.6) is 0 Å². The van der Waals surface area contributed by atoms with Crippen molar-refractivity contribution in [2.45, 2.75) is 39.2 Å². The number of cyclic esters (lactones) is 1. The molecule has 0 aromatic heterocycles. The average molecular weight is 242 g/mol. The minimum atomic E-state index is -0.277. The van der Waals surface area contributed by atoms with Gasteiger partial charge in [0.25, 0.3) is 0 Å². The van der Waals surface area contributed by atoms with E-state index in [1.54, 1.807) is 11.9 Å². The topological polar surface area (TPSA) is 58.6 Å². The van der Waals surface area contributed by atoms with Crippen molar-refractivity contribution in [2.24, 2.45) is 5.92 Å². The third-order valence-electron chi connectivity index (χ3n) is 3.18. The smallest absolute Gasteiger partial charge is 0.409 e. The Labute approximate surface area is 102 Å². The van der Waals surface area contributed by atoms with Gasteiger partial charge in [0.15, 0.2) is 0 Å². The van der Waals surface area contributed by atoms with Gasteiger partial charge in [0.1, 0.15) is 6.10 Å². The van der Waals surface area contributed by atoms with E-state index in [2.05, 4.69) is 5.32 Å². The predicted molar refractivity (Wildman–Crippen MR) is 64.6 cm³/mol. The van der Waals surface area contributed by atoms with E-state index >= 15 is 0 Å². The van der Waals surface area contributed by atoms with Crippen molar-refractivity contribution in [1.82, 2.24) is 10.2 Å². The van der Waals surface area contributed by atoms with Crippen molar-refractivity contribution in [3.8, 4) is 0 Å². The molecule has 0 saturated carbocycles. The molecule has 17 heavy (non-hydrogen) atoms. The maximum atomic E-state index is 11.7. The summed E-state index contributed by atoms with van der Waals surface area (Å²) >= 11 is 0. The van der Waals surface area contributed by atoms with E-state index in [9.17, 15) is 9.59 Å². The largest absolute Gasteiger partial charge is 0.444 e. The number of carbonyl (C=O) groups is 2. The molecule has 0 aromatic carbocycles. The van der Waals surface area contributed by atoms with Gasteiger partial charge in [-0.2, -0.15) is 0 Å². The van der Waals surface area contributed by atoms with Crippen LogP contribution in [0.4, 0.5) is 4.79 Å². The summed E-state index contributed by atoms with van der Waals surface area (Å²) in [6, 6.07) is 0. The fourth-order valence-corrected chi connectivity index (χ4v) is 1.96. The standard InChI is InChI=1S/C12H22N2O3/c1-4-9(5-2)11(15)13-7-6-10-8-14(3)12(16)17-10/h9-10H,4-8H2,1-3H3,(H,13,15). The summed E-state index contributed by atoms with van der Waals surface area (Å²) in [5.74, 6) is 0.205. The van der Waals surface area contributed by atoms with Crippen LogP contribution in [0.2, 0.25) is 0 Å². The van der Waals surface area contributed by atoms with Crippen LogP contribution in [-0.4, -0.2) is 43.1 Å². The zero-order valence-corrected chi connectivity index (χ0v) is 10.9. The van der Waals surface area contributed by atoms with Gasteiger partial charge in [-0.15, -0.1) is 0 Å². The van der Waals surface area contributed by atoms with E-state index in [4.69, 9.17) is 4.74 Å². The van der Waals surface area contributed by atoms with Gasteiger partial charge in [0.2, 0.25) is 5.91 Å². The van der Waals surface area contributed by atoms with Crippen LogP contribution in [0.1, 0.15) is 33.1 Å². The van der Waals surface area contributed by atoms with Gasteiger partial charge in [-0.25, -0.2) is 4.79 Å². The SMILES string of the molecule is CCC(CC)C(=O)NCCC1CN(C)C(=O)O1. The molecule has 1 heterocycles. The maximum Gasteiger partial charge on any atom is 0.409 e. The summed E-state index contributed by atoms with van der Waals surface area (Å²) in [6.07, 6.45) is 2.05. The number of carbonyl (C=O) groups excluding carboxylic acids is 2. The molecule has 1 saturated heterocycles. The Morgan fingerprint density at radius 1 is 1.53 bits per heavy atom. The summed E-state index contributed by atoms with van der Waals surface area (Å²) in [4.78, 5) is 24.3. The van der Waals surface area contributed by atoms with Gasteiger partial charge in [0.05, 0.1) is 6.54 Å². The summed E-state index contributed by atoms with van der Waals surface area (Å²) in [6.45, 7) is 5.21. The van der Waals surface area contributed by atoms with Crippen LogP contribution in [0.15, 0.2) is 0 Å². The third-order valence-corrected chi connectivity index (χ3v) is 3.18. The molecule has 98 valence electrons. The molecule has 1 atom stereocenters. The second kappa shape index (κ2) is 6.47. The fraction of sp³-hybridized carbons (Fsp3) is 0.833. The van der Waals surface area contributed by atoms with Crippen molar-refractivity contribution in [3.05, 3.63) is 0 Å². The Kier molecular flexibility index (Phi) is 5.25. The van der Waals surface area contributed by atoms with Crippen LogP contribution in [0.25, 0.3) is 0 Å². The summed E-state index contributed by atoms with van der Waals surface area (Å²) < 4.78 is 5.10. The molecule has 1 unspecified atom stereocenters. The number of likely N-dealkylation sites (N-methyl/N-ethyl adjacent to an activating group) is 1. The minimum Gasteiger partial charge on any atom is -0.444 e. The lowest BCUT2D eigenvalue weighted by Gasteiger charge is -2.14. The molecule has 5 nitrogen and oxygen atoms in total. The number of ether oxygens (including phenoxy) is 1. The molecule has 0 spiro atoms. The molecule has 0 bridgehead atoms. The highest BCUT2D eigenvalue weighted by molar-refractivity contribution is 5.78. The highest BCUT2D eigenvalue weighted by Gasteiger charge is 2.27. The summed E-state index contributed by atoms with van der Waals surface area (Å²) in [7, 11) is 1.71. The first kappa shape index (κ1) is 13.8. The van der Waals surface area contributed by atoms with E-state index in [1.807, 2.05) is 13.8 Å². The number of rotatable bonds is 6. The number of hydrogen-bond acceptors (Lipinski definition) is 3. The van der Waals surface area contributed by atoms with Gasteiger partial charge in [-0.3, -0.25) is 4.79 Å². The Morgan fingerprint density at radius 3 is 2.65 bits per heavy atom. The zero-order valence-electron chi connectivity index (χ0n) is 10.9. The molecule has 1 N–H and O–H groups in total. The first-order valence-corrected chi connectivity index (χ1v) is 6.27. The monoisotopic (exact) mass is 242 g/mol. The lowest BCUT2D eigenvalue weighted by atomic mass is 10.0. The summed E-state index contributed by atoms with van der Waals surface area (Å²) in [5, 5.41) is 2.89. The van der Waals surface area contributed by atoms with Crippen molar-refractivity contribution < 1.29 is 14.3 Å². The van der Waals surface area contributed by atoms with E-state index in [1.165, 1.54) is 0 Å². The van der Waals surface area contributed by atoms with E-state index < -0.39 is 0 Å². The van der Waals surface area contributed by atoms with E-state index in [-0.39, 0.29) is 24.0 Å². The Balaban J connectivity index is 2.20. The first-order valence-electron chi connectivity index (χ1n) is 6.27. The molecule has 1 fully saturated rings. The minimum absolute atomic E-state index is 0.0884. The number of amides is 2. The molecular weight excluding hydrogens is 220 g/mol. The first-order chi connectivity index (χ1) is 8.08. The molecular formula is C12H22N2O3. The number of nitrogens with one attached hydrogen (secondary N) is 1. The number of nitrogens with zero attached hydrogens (tertiary/aromatic N) is 1. The van der Waals surface area contributed by atoms with Crippen LogP contribution >= 0.6 is 0 Å². The van der Waals surface area contributed by atoms with Crippen molar-refractivity contribution >= 4 is 12.0 Å². The highest BCUT2D eigenvalue weighted by Crippen LogP contribution is 2.12. The van der Waals surface area contributed by atoms with Crippen LogP contribution in [0.3, 0.4) is 0 Å². The van der Waals surface area contributed by atoms with Gasteiger partial charge < -0.3 is 15.0 Å². The lowest BCUT2D eigenvalue weighted by molar-refractivity contribution is -0.125. The zero-order chi connectivity index (χ0) is 12.8. The van der Waals surface area contributed by atoms with Crippen LogP contribution < -0.4 is 5.32 Å². The van der Waals surface area contributed by atoms with Crippen molar-refractivity contribution in [3.63, 3.8) is 0 Å². The van der Waals surface area contributed by atoms with Gasteiger partial charge in [0, 0.05) is 25.9 Å². The Hall–Kier alpha value is -1.26. The Bertz CT molecular complexity index is 277. The van der Waals surface area contributed by atoms with Crippen molar-refractivity contribution in [1.29, 1.82) is 0 Å². The molecule has 5 heteroatoms. The molecule has 1 rings (SSSR count). The third kappa shape index (κ3) is 3.91. The second-order valence-electron chi connectivity index (χ2n) is 4.48. The number of hydrogen-bond donors (Lipinski definition) is 1. The fourth-order valence-electron chi connectivity index (χ4n) is 1.96. The van der Waals surface area contributed by atoms with Crippen LogP contribution in [0, 0.1) is 5.92 Å². The highest BCUT2D eigenvalue weighted by atomic mass is 16.6. The van der Waals surface area contributed by atoms with Gasteiger partial charge in [-0.1, -0.05) is 13.8 Å². The molecule has 0 aliphatic carbocycles. The maximum absolute atomic E-state index is 11.7. The van der Waals surface area contributed by atoms with Gasteiger partial charge in [-0.05, 0) is 12.8 Å². The van der Waals surface area contributed by atoms with Crippen LogP contribution in [-0.2, 0) is 9.53 Å². The van der Waals surface area contributed by atoms with Crippen molar-refractivity contribution in [2.75, 3.05) is 20.1 Å². The molecule has 1 aliphatic heterocycles.